The van der Waals surface area contributed by atoms with Crippen LogP contribution in [0.5, 0.6) is 0 Å². The topological polar surface area (TPSA) is 208 Å². The number of aromatic nitrogens is 2. The molecule has 6 unspecified atom stereocenters. The van der Waals surface area contributed by atoms with E-state index in [0.717, 1.165) is 12.3 Å². The smallest absolute Gasteiger partial charge is 0.342 e. The highest BCUT2D eigenvalue weighted by molar-refractivity contribution is 7.54. The molecule has 2 heterocycles. The highest BCUT2D eigenvalue weighted by Crippen LogP contribution is 2.44. The first kappa shape index (κ1) is 29.8. The number of halogens is 1. The number of aromatic amines is 1. The maximum absolute atomic E-state index is 15.6. The Morgan fingerprint density at radius 1 is 1.19 bits per heavy atom. The van der Waals surface area contributed by atoms with Gasteiger partial charge in [0.05, 0.1) is 13.2 Å². The highest BCUT2D eigenvalue weighted by atomic mass is 31.2. The fourth-order valence-electron chi connectivity index (χ4n) is 3.16. The normalized spacial score (nSPS) is 27.1. The molecule has 204 valence electrons. The zero-order chi connectivity index (χ0) is 27.3. The third-order valence-corrected chi connectivity index (χ3v) is 6.90. The zero-order valence-electron chi connectivity index (χ0n) is 20.0. The van der Waals surface area contributed by atoms with E-state index in [9.17, 15) is 34.0 Å². The van der Waals surface area contributed by atoms with Crippen LogP contribution in [-0.4, -0.2) is 81.7 Å². The Kier molecular flexibility index (Phi) is 10.1. The lowest BCUT2D eigenvalue weighted by Gasteiger charge is -2.29. The van der Waals surface area contributed by atoms with E-state index in [4.69, 9.17) is 18.7 Å². The first-order valence-electron chi connectivity index (χ1n) is 10.9. The first-order chi connectivity index (χ1) is 16.8. The summed E-state index contributed by atoms with van der Waals surface area (Å²) in [6.45, 7) is 4.38. The van der Waals surface area contributed by atoms with Crippen molar-refractivity contribution in [3.63, 3.8) is 0 Å². The number of alkyl halides is 1. The van der Waals surface area contributed by atoms with Crippen LogP contribution in [0.2, 0.25) is 0 Å². The van der Waals surface area contributed by atoms with Crippen LogP contribution in [0, 0.1) is 0 Å². The first-order valence-corrected chi connectivity index (χ1v) is 12.6. The molecule has 0 bridgehead atoms. The van der Waals surface area contributed by atoms with Gasteiger partial charge in [0, 0.05) is 12.3 Å². The molecular formula is C19H30FN4O11P. The minimum atomic E-state index is -4.47. The van der Waals surface area contributed by atoms with Crippen LogP contribution in [0.3, 0.4) is 0 Å². The van der Waals surface area contributed by atoms with Crippen molar-refractivity contribution >= 4 is 19.6 Å². The molecule has 17 heteroatoms. The fraction of sp³-hybridized carbons (Fsp3) is 0.684. The van der Waals surface area contributed by atoms with Gasteiger partial charge in [-0.3, -0.25) is 33.0 Å². The molecule has 1 aromatic heterocycles. The summed E-state index contributed by atoms with van der Waals surface area (Å²) in [6, 6.07) is -1.59. The fourth-order valence-corrected chi connectivity index (χ4v) is 4.97. The van der Waals surface area contributed by atoms with Gasteiger partial charge in [-0.05, 0) is 27.7 Å². The van der Waals surface area contributed by atoms with Crippen LogP contribution < -0.4 is 21.4 Å². The van der Waals surface area contributed by atoms with Crippen LogP contribution in [0.1, 0.15) is 33.9 Å². The number of esters is 2. The minimum absolute atomic E-state index is 0.0136. The van der Waals surface area contributed by atoms with E-state index in [2.05, 4.69) is 10.2 Å². The molecule has 1 saturated heterocycles. The van der Waals surface area contributed by atoms with Gasteiger partial charge in [-0.15, -0.1) is 0 Å². The van der Waals surface area contributed by atoms with Crippen molar-refractivity contribution in [2.24, 2.45) is 0 Å². The Labute approximate surface area is 204 Å². The molecule has 1 aromatic rings. The van der Waals surface area contributed by atoms with Gasteiger partial charge in [0.25, 0.3) is 11.4 Å². The van der Waals surface area contributed by atoms with Gasteiger partial charge in [-0.1, -0.05) is 0 Å². The molecule has 36 heavy (non-hydrogen) atoms. The number of rotatable bonds is 12. The number of nitrogens with one attached hydrogen (secondary N) is 3. The van der Waals surface area contributed by atoms with Crippen LogP contribution in [-0.2, 0) is 32.9 Å². The molecule has 5 N–H and O–H groups in total. The number of ether oxygens (including phenoxy) is 3. The molecule has 0 saturated carbocycles. The van der Waals surface area contributed by atoms with E-state index in [1.165, 1.54) is 13.8 Å². The molecule has 0 radical (unpaired) electrons. The Hall–Kier alpha value is -2.46. The maximum atomic E-state index is 15.6. The molecule has 2 rings (SSSR count). The van der Waals surface area contributed by atoms with Gasteiger partial charge < -0.3 is 24.4 Å². The lowest BCUT2D eigenvalue weighted by molar-refractivity contribution is -0.203. The summed E-state index contributed by atoms with van der Waals surface area (Å²) in [5.41, 5.74) is -1.81. The van der Waals surface area contributed by atoms with E-state index in [0.29, 0.717) is 4.57 Å². The van der Waals surface area contributed by atoms with Crippen molar-refractivity contribution in [2.75, 3.05) is 19.8 Å². The third-order valence-electron chi connectivity index (χ3n) is 4.95. The van der Waals surface area contributed by atoms with Gasteiger partial charge in [-0.25, -0.2) is 19.4 Å². The van der Waals surface area contributed by atoms with Crippen LogP contribution in [0.25, 0.3) is 0 Å². The number of hydrogen-bond donors (Lipinski definition) is 5. The van der Waals surface area contributed by atoms with Crippen LogP contribution in [0.4, 0.5) is 4.39 Å². The largest absolute Gasteiger partial charge is 0.465 e. The number of H-pyrrole nitrogens is 1. The summed E-state index contributed by atoms with van der Waals surface area (Å²) in [6.07, 6.45) is -5.15. The summed E-state index contributed by atoms with van der Waals surface area (Å²) < 4.78 is 49.5. The summed E-state index contributed by atoms with van der Waals surface area (Å²) in [7, 11) is -4.47. The Bertz CT molecular complexity index is 1070. The third kappa shape index (κ3) is 7.06. The molecule has 1 fully saturated rings. The molecule has 6 atom stereocenters. The minimum Gasteiger partial charge on any atom is -0.465 e. The summed E-state index contributed by atoms with van der Waals surface area (Å²) in [5.74, 6) is -4.86. The van der Waals surface area contributed by atoms with Gasteiger partial charge in [0.1, 0.15) is 30.9 Å². The number of aliphatic hydroxyl groups excluding tert-OH is 2. The van der Waals surface area contributed by atoms with Gasteiger partial charge >= 0.3 is 25.3 Å². The maximum Gasteiger partial charge on any atom is 0.342 e. The van der Waals surface area contributed by atoms with E-state index in [1.807, 2.05) is 4.98 Å². The molecule has 0 amide bonds. The number of aliphatic hydroxyl groups is 2. The molecule has 0 aromatic carbocycles. The van der Waals surface area contributed by atoms with Crippen molar-refractivity contribution in [1.29, 1.82) is 0 Å². The molecule has 0 aliphatic carbocycles. The van der Waals surface area contributed by atoms with Crippen molar-refractivity contribution in [3.8, 4) is 0 Å². The van der Waals surface area contributed by atoms with Crippen molar-refractivity contribution in [1.82, 2.24) is 19.7 Å². The summed E-state index contributed by atoms with van der Waals surface area (Å²) in [5, 5.41) is 25.2. The molecule has 0 spiro atoms. The predicted octanol–water partition coefficient (Wildman–Crippen LogP) is -1.34. The molecule has 15 nitrogen and oxygen atoms in total. The quantitative estimate of drug-likeness (QED) is 0.154. The average molecular weight is 540 g/mol. The van der Waals surface area contributed by atoms with Crippen LogP contribution >= 0.6 is 7.67 Å². The zero-order valence-corrected chi connectivity index (χ0v) is 20.9. The lowest BCUT2D eigenvalue weighted by Crippen LogP contribution is -2.46. The van der Waals surface area contributed by atoms with Crippen molar-refractivity contribution in [3.05, 3.63) is 33.1 Å². The lowest BCUT2D eigenvalue weighted by atomic mass is 10.1. The predicted molar refractivity (Wildman–Crippen MR) is 119 cm³/mol. The second-order valence-corrected chi connectivity index (χ2v) is 9.66. The second-order valence-electron chi connectivity index (χ2n) is 7.78. The van der Waals surface area contributed by atoms with E-state index < -0.39 is 73.8 Å². The Morgan fingerprint density at radius 3 is 2.19 bits per heavy atom. The standard InChI is InChI=1S/C19H30FN4O11P/c1-5-32-16(28)10(3)22-36(31,23-11(4)17(29)33-6-2)34-9-19(20)14(27)13(26)15(35-19)24-8-7-12(25)21-18(24)30/h7-8,10-11,13-15,26-27H,5-6,9H2,1-4H3,(H,21,25,30)(H2,22,23,31). The van der Waals surface area contributed by atoms with Crippen LogP contribution in [0.15, 0.2) is 21.9 Å². The van der Waals surface area contributed by atoms with E-state index >= 15 is 4.39 Å². The number of hydrogen-bond acceptors (Lipinski definition) is 11. The summed E-state index contributed by atoms with van der Waals surface area (Å²) in [4.78, 5) is 49.2. The SMILES string of the molecule is CCOC(=O)C(C)NP(=O)(NC(C)C(=O)OCC)OCC1(F)OC(n2ccc(=O)[nH]c2=O)C(O)C1O. The Morgan fingerprint density at radius 2 is 1.72 bits per heavy atom. The van der Waals surface area contributed by atoms with Gasteiger partial charge in [0.15, 0.2) is 6.23 Å². The monoisotopic (exact) mass is 540 g/mol. The molecule has 1 aliphatic rings. The van der Waals surface area contributed by atoms with Gasteiger partial charge in [0.2, 0.25) is 0 Å². The second kappa shape index (κ2) is 12.2. The van der Waals surface area contributed by atoms with E-state index in [1.54, 1.807) is 13.8 Å². The molecular weight excluding hydrogens is 510 g/mol. The highest BCUT2D eigenvalue weighted by Gasteiger charge is 2.57. The Balaban J connectivity index is 2.26. The summed E-state index contributed by atoms with van der Waals surface area (Å²) >= 11 is 0. The van der Waals surface area contributed by atoms with Gasteiger partial charge in [-0.2, -0.15) is 0 Å². The number of nitrogens with zero attached hydrogens (tertiary/aromatic N) is 1. The average Bonchev–Trinajstić information content (AvgIpc) is 3.02. The van der Waals surface area contributed by atoms with Crippen molar-refractivity contribution < 1.29 is 47.5 Å². The number of carbonyl (C=O) groups is 2. The van der Waals surface area contributed by atoms with Crippen molar-refractivity contribution in [2.45, 2.75) is 64.1 Å². The van der Waals surface area contributed by atoms with E-state index in [-0.39, 0.29) is 13.2 Å². The molecule has 1 aliphatic heterocycles. The number of carbonyl (C=O) groups excluding carboxylic acids is 2.